The quantitative estimate of drug-likeness (QED) is 0.0597. The second-order valence-corrected chi connectivity index (χ2v) is 20.5. The minimum absolute atomic E-state index is 0.123. The Morgan fingerprint density at radius 2 is 1.27 bits per heavy atom. The van der Waals surface area contributed by atoms with Crippen LogP contribution < -0.4 is 45.9 Å². The molecule has 7 N–H and O–H groups in total. The number of fused-ring (bicyclic) bond motifs is 2. The number of likely N-dealkylation sites (N-methyl/N-ethyl adjacent to an activating group) is 1. The maximum Gasteiger partial charge on any atom is 0.236 e. The van der Waals surface area contributed by atoms with Crippen LogP contribution in [-0.2, 0) is 11.2 Å². The van der Waals surface area contributed by atoms with Crippen LogP contribution in [0.3, 0.4) is 0 Å². The standard InChI is InChI=1S/C52H72N18O3/c1-66-20-24-69(25-21-66)44(71)32-67-22-26-68(27-23-67)37-14-16-39(41(29-37)72-2)59-52-64-49(57-35-12-8-5-9-13-35)46-50(65-52)61-43(60-46)28-36-31-70(19-18-53-36)38-15-17-40(42(30-38)73-3)58-51-62-47-45(54-33-55-47)48(63-51)56-34-10-6-4-7-11-34/h14-17,29-30,33-36,53H,4-13,18-28,31-32H2,1-3H3,(H3,54,55,56,58,62,63)(H3,57,59,60,61,64,65). The van der Waals surface area contributed by atoms with Crippen LogP contribution in [0.15, 0.2) is 42.7 Å². The van der Waals surface area contributed by atoms with Crippen molar-refractivity contribution in [1.29, 1.82) is 0 Å². The second kappa shape index (κ2) is 22.2. The van der Waals surface area contributed by atoms with Crippen LogP contribution in [0.1, 0.15) is 70.0 Å². The monoisotopic (exact) mass is 997 g/mol. The highest BCUT2D eigenvalue weighted by molar-refractivity contribution is 5.86. The Labute approximate surface area is 427 Å². The van der Waals surface area contributed by atoms with Crippen LogP contribution in [0.5, 0.6) is 11.5 Å². The third-order valence-corrected chi connectivity index (χ3v) is 15.5. The van der Waals surface area contributed by atoms with Crippen molar-refractivity contribution in [3.63, 3.8) is 0 Å². The SMILES string of the molecule is COc1cc(N2CCNC(Cc3nc4nc(Nc5ccc(N6CCN(CC(=O)N7CCN(C)CC7)CC6)cc5OC)nc(NC5CCCCC5)c4[nH]3)C2)ccc1Nc1nc(NC2CCCCC2)c2[nH]cnc2n1. The number of piperazine rings is 3. The van der Waals surface area contributed by atoms with Crippen molar-refractivity contribution in [3.05, 3.63) is 48.5 Å². The number of aromatic amines is 2. The number of hydrogen-bond donors (Lipinski definition) is 7. The average Bonchev–Trinajstić information content (AvgIpc) is 4.07. The maximum atomic E-state index is 13.0. The van der Waals surface area contributed by atoms with E-state index in [9.17, 15) is 4.79 Å². The Kier molecular flexibility index (Phi) is 14.8. The molecule has 3 aliphatic heterocycles. The molecule has 1 atom stereocenters. The lowest BCUT2D eigenvalue weighted by Crippen LogP contribution is -2.53. The fraction of sp³-hybridized carbons (Fsp3) is 0.558. The Hall–Kier alpha value is -6.71. The third-order valence-electron chi connectivity index (χ3n) is 15.5. The van der Waals surface area contributed by atoms with Gasteiger partial charge in [0, 0.05) is 120 Å². The molecule has 73 heavy (non-hydrogen) atoms. The molecule has 0 bridgehead atoms. The Balaban J connectivity index is 0.757. The zero-order valence-corrected chi connectivity index (χ0v) is 42.7. The van der Waals surface area contributed by atoms with Gasteiger partial charge in [0.05, 0.1) is 38.5 Å². The molecule has 7 heterocycles. The first-order chi connectivity index (χ1) is 35.8. The van der Waals surface area contributed by atoms with Gasteiger partial charge in [0.2, 0.25) is 17.8 Å². The summed E-state index contributed by atoms with van der Waals surface area (Å²) in [7, 11) is 5.50. The molecular formula is C52H72N18O3. The van der Waals surface area contributed by atoms with Gasteiger partial charge in [-0.25, -0.2) is 9.97 Å². The van der Waals surface area contributed by atoms with Gasteiger partial charge in [-0.3, -0.25) is 9.69 Å². The average molecular weight is 997 g/mol. The first-order valence-corrected chi connectivity index (χ1v) is 26.6. The van der Waals surface area contributed by atoms with Crippen LogP contribution in [0.2, 0.25) is 0 Å². The first kappa shape index (κ1) is 48.6. The van der Waals surface area contributed by atoms with Gasteiger partial charge in [0.1, 0.15) is 28.4 Å². The predicted molar refractivity (Wildman–Crippen MR) is 287 cm³/mol. The maximum absolute atomic E-state index is 13.0. The molecule has 6 aromatic rings. The molecule has 21 nitrogen and oxygen atoms in total. The third kappa shape index (κ3) is 11.4. The van der Waals surface area contributed by atoms with Gasteiger partial charge < -0.3 is 65.6 Å². The lowest BCUT2D eigenvalue weighted by Gasteiger charge is -2.38. The number of ether oxygens (including phenoxy) is 2. The van der Waals surface area contributed by atoms with Crippen LogP contribution in [0.4, 0.5) is 46.3 Å². The lowest BCUT2D eigenvalue weighted by molar-refractivity contribution is -0.134. The fourth-order valence-corrected chi connectivity index (χ4v) is 11.2. The zero-order valence-electron chi connectivity index (χ0n) is 42.7. The Bertz CT molecular complexity index is 2830. The van der Waals surface area contributed by atoms with Gasteiger partial charge in [0.25, 0.3) is 0 Å². The topological polar surface area (TPSA) is 221 Å². The van der Waals surface area contributed by atoms with Crippen molar-refractivity contribution in [1.82, 2.24) is 59.9 Å². The number of nitrogens with zero attached hydrogens (tertiary/aromatic N) is 11. The predicted octanol–water partition coefficient (Wildman–Crippen LogP) is 5.93. The summed E-state index contributed by atoms with van der Waals surface area (Å²) >= 11 is 0. The highest BCUT2D eigenvalue weighted by atomic mass is 16.5. The van der Waals surface area contributed by atoms with E-state index in [-0.39, 0.29) is 11.9 Å². The summed E-state index contributed by atoms with van der Waals surface area (Å²) in [5, 5.41) is 18.1. The van der Waals surface area contributed by atoms with Crippen molar-refractivity contribution in [2.45, 2.75) is 88.8 Å². The van der Waals surface area contributed by atoms with E-state index in [2.05, 4.69) is 92.4 Å². The molecule has 388 valence electrons. The Morgan fingerprint density at radius 1 is 0.671 bits per heavy atom. The second-order valence-electron chi connectivity index (χ2n) is 20.5. The number of aromatic nitrogens is 8. The van der Waals surface area contributed by atoms with Gasteiger partial charge in [0.15, 0.2) is 22.9 Å². The largest absolute Gasteiger partial charge is 0.494 e. The van der Waals surface area contributed by atoms with Gasteiger partial charge >= 0.3 is 0 Å². The summed E-state index contributed by atoms with van der Waals surface area (Å²) in [6.45, 7) is 9.73. The van der Waals surface area contributed by atoms with Gasteiger partial charge in [-0.2, -0.15) is 19.9 Å². The van der Waals surface area contributed by atoms with Gasteiger partial charge in [-0.1, -0.05) is 38.5 Å². The number of hydrogen-bond acceptors (Lipinski definition) is 18. The number of amides is 1. The Morgan fingerprint density at radius 3 is 1.90 bits per heavy atom. The molecule has 0 radical (unpaired) electrons. The number of carbonyl (C=O) groups is 1. The summed E-state index contributed by atoms with van der Waals surface area (Å²) in [4.78, 5) is 60.5. The van der Waals surface area contributed by atoms with E-state index < -0.39 is 0 Å². The van der Waals surface area contributed by atoms with Crippen molar-refractivity contribution < 1.29 is 14.3 Å². The molecule has 2 aromatic carbocycles. The molecule has 11 rings (SSSR count). The minimum Gasteiger partial charge on any atom is -0.494 e. The number of benzene rings is 2. The molecule has 2 aliphatic carbocycles. The first-order valence-electron chi connectivity index (χ1n) is 26.6. The zero-order chi connectivity index (χ0) is 49.7. The minimum atomic E-state index is 0.123. The number of methoxy groups -OCH3 is 2. The number of H-pyrrole nitrogens is 2. The van der Waals surface area contributed by atoms with E-state index in [0.717, 1.165) is 149 Å². The van der Waals surface area contributed by atoms with E-state index >= 15 is 0 Å². The molecule has 1 unspecified atom stereocenters. The molecule has 3 saturated heterocycles. The summed E-state index contributed by atoms with van der Waals surface area (Å²) in [5.74, 6) is 4.92. The highest BCUT2D eigenvalue weighted by Crippen LogP contribution is 2.36. The van der Waals surface area contributed by atoms with E-state index in [4.69, 9.17) is 34.4 Å². The van der Waals surface area contributed by atoms with Crippen LogP contribution in [0, 0.1) is 0 Å². The summed E-state index contributed by atoms with van der Waals surface area (Å²) in [5.41, 5.74) is 6.54. The van der Waals surface area contributed by atoms with Crippen molar-refractivity contribution in [2.75, 3.05) is 131 Å². The molecular weight excluding hydrogens is 925 g/mol. The molecule has 5 aliphatic rings. The van der Waals surface area contributed by atoms with Crippen LogP contribution in [0.25, 0.3) is 22.3 Å². The number of rotatable bonds is 16. The van der Waals surface area contributed by atoms with E-state index in [1.165, 1.54) is 38.5 Å². The summed E-state index contributed by atoms with van der Waals surface area (Å²) in [6.07, 6.45) is 14.2. The van der Waals surface area contributed by atoms with Gasteiger partial charge in [-0.05, 0) is 57.0 Å². The number of imidazole rings is 2. The smallest absolute Gasteiger partial charge is 0.236 e. The van der Waals surface area contributed by atoms with Crippen molar-refractivity contribution >= 4 is 74.5 Å². The number of carbonyl (C=O) groups excluding carboxylic acids is 1. The molecule has 5 fully saturated rings. The summed E-state index contributed by atoms with van der Waals surface area (Å²) < 4.78 is 11.9. The van der Waals surface area contributed by atoms with Crippen molar-refractivity contribution in [3.8, 4) is 11.5 Å². The fourth-order valence-electron chi connectivity index (χ4n) is 11.2. The number of anilines is 8. The van der Waals surface area contributed by atoms with E-state index in [0.29, 0.717) is 59.7 Å². The lowest BCUT2D eigenvalue weighted by atomic mass is 9.95. The van der Waals surface area contributed by atoms with Gasteiger partial charge in [-0.15, -0.1) is 0 Å². The van der Waals surface area contributed by atoms with E-state index in [1.54, 1.807) is 20.5 Å². The van der Waals surface area contributed by atoms with E-state index in [1.807, 2.05) is 17.0 Å². The normalized spacial score (nSPS) is 19.9. The highest BCUT2D eigenvalue weighted by Gasteiger charge is 2.27. The van der Waals surface area contributed by atoms with Crippen LogP contribution in [-0.4, -0.2) is 178 Å². The molecule has 21 heteroatoms. The number of nitrogens with one attached hydrogen (secondary N) is 7. The molecule has 2 saturated carbocycles. The molecule has 4 aromatic heterocycles. The molecule has 0 spiro atoms. The molecule has 1 amide bonds. The van der Waals surface area contributed by atoms with Crippen molar-refractivity contribution in [2.24, 2.45) is 0 Å². The summed E-state index contributed by atoms with van der Waals surface area (Å²) in [6, 6.07) is 13.3. The van der Waals surface area contributed by atoms with Crippen LogP contribution >= 0.6 is 0 Å².